The van der Waals surface area contributed by atoms with Crippen molar-refractivity contribution in [1.82, 2.24) is 3.98 Å². The van der Waals surface area contributed by atoms with E-state index in [9.17, 15) is 10.1 Å². The number of nitrogens with zero attached hydrogens (tertiary/aromatic N) is 2. The summed E-state index contributed by atoms with van der Waals surface area (Å²) in [5.41, 5.74) is 2.22. The molecule has 0 saturated heterocycles. The van der Waals surface area contributed by atoms with Gasteiger partial charge in [-0.15, -0.1) is 0 Å². The van der Waals surface area contributed by atoms with Crippen LogP contribution < -0.4 is 0 Å². The molecule has 0 aliphatic heterocycles. The Morgan fingerprint density at radius 3 is 2.79 bits per heavy atom. The molecule has 0 amide bonds. The molecule has 0 aliphatic rings. The van der Waals surface area contributed by atoms with Crippen molar-refractivity contribution in [1.29, 1.82) is 0 Å². The SMILES string of the molecule is Cc1ccc([N+](=O)[O-])c2[se]nc(C)c12. The van der Waals surface area contributed by atoms with E-state index < -0.39 is 0 Å². The van der Waals surface area contributed by atoms with E-state index in [-0.39, 0.29) is 25.3 Å². The number of nitro benzene ring substituents is 1. The molecule has 0 unspecified atom stereocenters. The van der Waals surface area contributed by atoms with Crippen molar-refractivity contribution >= 4 is 30.1 Å². The molecule has 0 aliphatic carbocycles. The third kappa shape index (κ3) is 1.25. The van der Waals surface area contributed by atoms with E-state index in [0.717, 1.165) is 20.9 Å². The zero-order chi connectivity index (χ0) is 10.3. The Labute approximate surface area is 86.7 Å². The minimum atomic E-state index is -0.325. The summed E-state index contributed by atoms with van der Waals surface area (Å²) in [5.74, 6) is 0. The van der Waals surface area contributed by atoms with Gasteiger partial charge in [0, 0.05) is 0 Å². The number of fused-ring (bicyclic) bond motifs is 1. The maximum absolute atomic E-state index is 10.7. The molecule has 0 fully saturated rings. The molecule has 0 spiro atoms. The van der Waals surface area contributed by atoms with E-state index in [0.29, 0.717) is 0 Å². The van der Waals surface area contributed by atoms with E-state index in [1.165, 1.54) is 0 Å². The number of aryl methyl sites for hydroxylation is 2. The normalized spacial score (nSPS) is 10.7. The van der Waals surface area contributed by atoms with Gasteiger partial charge in [-0.05, 0) is 0 Å². The second-order valence-electron chi connectivity index (χ2n) is 3.13. The average Bonchev–Trinajstić information content (AvgIpc) is 2.49. The Bertz CT molecular complexity index is 519. The van der Waals surface area contributed by atoms with Crippen molar-refractivity contribution in [2.24, 2.45) is 0 Å². The Hall–Kier alpha value is -1.19. The molecule has 5 heteroatoms. The van der Waals surface area contributed by atoms with Gasteiger partial charge < -0.3 is 0 Å². The quantitative estimate of drug-likeness (QED) is 0.443. The Kier molecular flexibility index (Phi) is 2.13. The van der Waals surface area contributed by atoms with Gasteiger partial charge >= 0.3 is 86.3 Å². The van der Waals surface area contributed by atoms with Gasteiger partial charge in [-0.1, -0.05) is 0 Å². The van der Waals surface area contributed by atoms with Crippen LogP contribution in [0.25, 0.3) is 9.65 Å². The van der Waals surface area contributed by atoms with Crippen LogP contribution in [0.15, 0.2) is 12.1 Å². The van der Waals surface area contributed by atoms with Gasteiger partial charge in [-0.2, -0.15) is 0 Å². The number of hydrogen-bond acceptors (Lipinski definition) is 3. The molecule has 0 atom stereocenters. The molecule has 0 N–H and O–H groups in total. The molecule has 4 nitrogen and oxygen atoms in total. The zero-order valence-electron chi connectivity index (χ0n) is 7.77. The van der Waals surface area contributed by atoms with Gasteiger partial charge in [0.05, 0.1) is 0 Å². The monoisotopic (exact) mass is 256 g/mol. The second-order valence-corrected chi connectivity index (χ2v) is 4.75. The van der Waals surface area contributed by atoms with Gasteiger partial charge in [0.1, 0.15) is 0 Å². The Balaban J connectivity index is 2.90. The first-order valence-corrected chi connectivity index (χ1v) is 5.73. The molecule has 2 aromatic rings. The van der Waals surface area contributed by atoms with Gasteiger partial charge in [0.15, 0.2) is 0 Å². The molecule has 14 heavy (non-hydrogen) atoms. The van der Waals surface area contributed by atoms with Crippen molar-refractivity contribution in [3.63, 3.8) is 0 Å². The molecule has 0 bridgehead atoms. The number of non-ortho nitro benzene ring substituents is 1. The Morgan fingerprint density at radius 2 is 2.14 bits per heavy atom. The van der Waals surface area contributed by atoms with Gasteiger partial charge in [-0.25, -0.2) is 0 Å². The summed E-state index contributed by atoms with van der Waals surface area (Å²) in [6.45, 7) is 3.87. The molecule has 2 rings (SSSR count). The zero-order valence-corrected chi connectivity index (χ0v) is 9.49. The van der Waals surface area contributed by atoms with E-state index in [1.54, 1.807) is 12.1 Å². The van der Waals surface area contributed by atoms with Crippen LogP contribution in [0.5, 0.6) is 0 Å². The second kappa shape index (κ2) is 3.19. The summed E-state index contributed by atoms with van der Waals surface area (Å²) in [6, 6.07) is 3.36. The number of benzene rings is 1. The van der Waals surface area contributed by atoms with Crippen LogP contribution in [0, 0.1) is 24.0 Å². The summed E-state index contributed by atoms with van der Waals surface area (Å²) >= 11 is -0.117. The maximum atomic E-state index is 10.7. The predicted octanol–water partition coefficient (Wildman–Crippen LogP) is 1.82. The third-order valence-corrected chi connectivity index (χ3v) is 4.19. The van der Waals surface area contributed by atoms with Crippen LogP contribution in [0.2, 0.25) is 0 Å². The van der Waals surface area contributed by atoms with Crippen molar-refractivity contribution in [3.8, 4) is 0 Å². The molecule has 1 aromatic heterocycles. The van der Waals surface area contributed by atoms with Crippen LogP contribution in [0.4, 0.5) is 5.69 Å². The number of aromatic nitrogens is 1. The van der Waals surface area contributed by atoms with Crippen molar-refractivity contribution < 1.29 is 4.92 Å². The molecule has 1 aromatic carbocycles. The predicted molar refractivity (Wildman–Crippen MR) is 54.8 cm³/mol. The molecule has 1 heterocycles. The summed E-state index contributed by atoms with van der Waals surface area (Å²) in [4.78, 5) is 10.4. The first kappa shape index (κ1) is 9.37. The van der Waals surface area contributed by atoms with E-state index in [2.05, 4.69) is 3.98 Å². The fourth-order valence-corrected chi connectivity index (χ4v) is 3.52. The van der Waals surface area contributed by atoms with Crippen LogP contribution in [0.3, 0.4) is 0 Å². The van der Waals surface area contributed by atoms with Crippen molar-refractivity contribution in [3.05, 3.63) is 33.5 Å². The van der Waals surface area contributed by atoms with Crippen LogP contribution >= 0.6 is 0 Å². The van der Waals surface area contributed by atoms with Crippen LogP contribution in [-0.2, 0) is 0 Å². The number of rotatable bonds is 1. The molecular formula is C9H8N2O2Se. The van der Waals surface area contributed by atoms with E-state index in [4.69, 9.17) is 0 Å². The van der Waals surface area contributed by atoms with E-state index in [1.807, 2.05) is 13.8 Å². The molecular weight excluding hydrogens is 247 g/mol. The van der Waals surface area contributed by atoms with Crippen LogP contribution in [-0.4, -0.2) is 23.6 Å². The molecule has 0 radical (unpaired) electrons. The summed E-state index contributed by atoms with van der Waals surface area (Å²) in [7, 11) is 0. The summed E-state index contributed by atoms with van der Waals surface area (Å²) in [6.07, 6.45) is 0. The fourth-order valence-electron chi connectivity index (χ4n) is 1.52. The average molecular weight is 255 g/mol. The van der Waals surface area contributed by atoms with Crippen LogP contribution in [0.1, 0.15) is 11.3 Å². The van der Waals surface area contributed by atoms with Crippen molar-refractivity contribution in [2.45, 2.75) is 13.8 Å². The first-order chi connectivity index (χ1) is 6.61. The standard InChI is InChI=1S/C9H8N2O2Se/c1-5-3-4-7(11(12)13)9-8(5)6(2)10-14-9/h3-4H,1-2H3. The first-order valence-electron chi connectivity index (χ1n) is 4.11. The van der Waals surface area contributed by atoms with E-state index >= 15 is 0 Å². The van der Waals surface area contributed by atoms with Gasteiger partial charge in [0.2, 0.25) is 0 Å². The Morgan fingerprint density at radius 1 is 1.43 bits per heavy atom. The summed E-state index contributed by atoms with van der Waals surface area (Å²) in [5, 5.41) is 11.7. The van der Waals surface area contributed by atoms with Crippen molar-refractivity contribution in [2.75, 3.05) is 0 Å². The topological polar surface area (TPSA) is 56.0 Å². The fraction of sp³-hybridized carbons (Fsp3) is 0.222. The van der Waals surface area contributed by atoms with Gasteiger partial charge in [-0.3, -0.25) is 0 Å². The third-order valence-electron chi connectivity index (χ3n) is 2.18. The minimum absolute atomic E-state index is 0.117. The summed E-state index contributed by atoms with van der Waals surface area (Å²) < 4.78 is 5.10. The molecule has 72 valence electrons. The molecule has 0 saturated carbocycles. The van der Waals surface area contributed by atoms with Gasteiger partial charge in [0.25, 0.3) is 0 Å². The number of nitro groups is 1. The number of hydrogen-bond donors (Lipinski definition) is 0.